The van der Waals surface area contributed by atoms with E-state index in [2.05, 4.69) is 10.0 Å². The number of amides is 1. The third-order valence-electron chi connectivity index (χ3n) is 5.24. The van der Waals surface area contributed by atoms with E-state index >= 15 is 0 Å². The second-order valence-corrected chi connectivity index (χ2v) is 9.68. The van der Waals surface area contributed by atoms with Crippen LogP contribution in [0, 0.1) is 5.92 Å². The summed E-state index contributed by atoms with van der Waals surface area (Å²) in [5.41, 5.74) is -3.78. The van der Waals surface area contributed by atoms with Crippen LogP contribution < -0.4 is 10.0 Å². The van der Waals surface area contributed by atoms with Crippen molar-refractivity contribution >= 4 is 15.9 Å². The summed E-state index contributed by atoms with van der Waals surface area (Å²) in [4.78, 5) is 14.3. The Balaban J connectivity index is 1.90. The number of piperidine rings is 1. The number of carbonyl (C=O) groups excluding carboxylic acids is 1. The average molecular weight is 489 g/mol. The molecule has 0 saturated carbocycles. The van der Waals surface area contributed by atoms with Crippen molar-refractivity contribution in [2.75, 3.05) is 38.5 Å². The van der Waals surface area contributed by atoms with Gasteiger partial charge in [0.1, 0.15) is 0 Å². The lowest BCUT2D eigenvalue weighted by Gasteiger charge is -2.32. The van der Waals surface area contributed by atoms with Crippen LogP contribution >= 0.6 is 0 Å². The number of hydrogen-bond acceptors (Lipinski definition) is 4. The molecule has 182 valence electrons. The van der Waals surface area contributed by atoms with Crippen LogP contribution in [0.5, 0.6) is 0 Å². The smallest absolute Gasteiger partial charge is 0.352 e. The molecule has 0 aliphatic carbocycles. The molecule has 1 aliphatic rings. The molecule has 6 nitrogen and oxygen atoms in total. The minimum Gasteiger partial charge on any atom is -0.352 e. The van der Waals surface area contributed by atoms with Crippen LogP contribution in [-0.2, 0) is 22.4 Å². The highest BCUT2D eigenvalue weighted by Gasteiger charge is 2.37. The van der Waals surface area contributed by atoms with Gasteiger partial charge in [-0.1, -0.05) is 0 Å². The van der Waals surface area contributed by atoms with Crippen molar-refractivity contribution in [3.05, 3.63) is 34.9 Å². The van der Waals surface area contributed by atoms with Gasteiger partial charge in [0.2, 0.25) is 10.0 Å². The summed E-state index contributed by atoms with van der Waals surface area (Å²) < 4.78 is 103. The van der Waals surface area contributed by atoms with Gasteiger partial charge in [-0.05, 0) is 57.0 Å². The first-order chi connectivity index (χ1) is 14.7. The van der Waals surface area contributed by atoms with Gasteiger partial charge in [-0.15, -0.1) is 0 Å². The van der Waals surface area contributed by atoms with Gasteiger partial charge >= 0.3 is 12.4 Å². The Kier molecular flexibility index (Phi) is 8.56. The summed E-state index contributed by atoms with van der Waals surface area (Å²) >= 11 is 0. The van der Waals surface area contributed by atoms with E-state index < -0.39 is 45.0 Å². The molecule has 1 aliphatic heterocycles. The standard InChI is InChI=1S/C19H25F6N3O3S/c1-2-32(30,31)27-5-8-28-6-3-13(4-7-28)12-26-17(29)14-9-15(18(20,21)22)11-16(10-14)19(23,24)25/h9-11,13,27H,2-8,12H2,1H3,(H,26,29). The van der Waals surface area contributed by atoms with Crippen molar-refractivity contribution in [2.24, 2.45) is 5.92 Å². The SMILES string of the molecule is CCS(=O)(=O)NCCN1CCC(CNC(=O)c2cc(C(F)(F)F)cc(C(F)(F)F)c2)CC1. The Morgan fingerprint density at radius 3 is 2.03 bits per heavy atom. The van der Waals surface area contributed by atoms with Crippen molar-refractivity contribution in [3.63, 3.8) is 0 Å². The maximum absolute atomic E-state index is 12.9. The monoisotopic (exact) mass is 489 g/mol. The highest BCUT2D eigenvalue weighted by atomic mass is 32.2. The molecule has 0 spiro atoms. The number of carbonyl (C=O) groups is 1. The molecule has 2 rings (SSSR count). The fraction of sp³-hybridized carbons (Fsp3) is 0.632. The molecule has 1 saturated heterocycles. The molecule has 1 fully saturated rings. The summed E-state index contributed by atoms with van der Waals surface area (Å²) in [6.45, 7) is 3.71. The van der Waals surface area contributed by atoms with Crippen LogP contribution in [-0.4, -0.2) is 57.7 Å². The van der Waals surface area contributed by atoms with Crippen molar-refractivity contribution in [3.8, 4) is 0 Å². The van der Waals surface area contributed by atoms with Gasteiger partial charge in [0.15, 0.2) is 0 Å². The number of halogens is 6. The van der Waals surface area contributed by atoms with Gasteiger partial charge in [0.05, 0.1) is 16.9 Å². The fourth-order valence-electron chi connectivity index (χ4n) is 3.30. The number of benzene rings is 1. The van der Waals surface area contributed by atoms with Crippen molar-refractivity contribution < 1.29 is 39.6 Å². The Morgan fingerprint density at radius 1 is 1.03 bits per heavy atom. The van der Waals surface area contributed by atoms with E-state index in [1.165, 1.54) is 6.92 Å². The predicted molar refractivity (Wildman–Crippen MR) is 105 cm³/mol. The van der Waals surface area contributed by atoms with Gasteiger partial charge in [-0.2, -0.15) is 26.3 Å². The van der Waals surface area contributed by atoms with E-state index in [4.69, 9.17) is 0 Å². The lowest BCUT2D eigenvalue weighted by molar-refractivity contribution is -0.143. The van der Waals surface area contributed by atoms with E-state index in [1.807, 2.05) is 4.90 Å². The van der Waals surface area contributed by atoms with Gasteiger partial charge < -0.3 is 10.2 Å². The molecule has 1 aromatic carbocycles. The summed E-state index contributed by atoms with van der Waals surface area (Å²) in [5, 5.41) is 2.43. The Morgan fingerprint density at radius 2 is 1.56 bits per heavy atom. The zero-order valence-corrected chi connectivity index (χ0v) is 18.1. The molecular formula is C19H25F6N3O3S. The number of likely N-dealkylation sites (tertiary alicyclic amines) is 1. The maximum atomic E-state index is 12.9. The first-order valence-corrected chi connectivity index (χ1v) is 11.6. The molecular weight excluding hydrogens is 464 g/mol. The minimum atomic E-state index is -5.02. The number of rotatable bonds is 8. The van der Waals surface area contributed by atoms with Gasteiger partial charge in [0, 0.05) is 25.2 Å². The molecule has 0 radical (unpaired) electrons. The van der Waals surface area contributed by atoms with Crippen LogP contribution in [0.25, 0.3) is 0 Å². The van der Waals surface area contributed by atoms with Gasteiger partial charge in [0.25, 0.3) is 5.91 Å². The van der Waals surface area contributed by atoms with E-state index in [0.717, 1.165) is 0 Å². The predicted octanol–water partition coefficient (Wildman–Crippen LogP) is 3.11. The fourth-order valence-corrected chi connectivity index (χ4v) is 3.91. The minimum absolute atomic E-state index is 0.00882. The lowest BCUT2D eigenvalue weighted by Crippen LogP contribution is -2.42. The normalized spacial score (nSPS) is 16.8. The first-order valence-electron chi connectivity index (χ1n) is 9.98. The lowest BCUT2D eigenvalue weighted by atomic mass is 9.96. The molecule has 0 aromatic heterocycles. The summed E-state index contributed by atoms with van der Waals surface area (Å²) in [6, 6.07) is 0.794. The van der Waals surface area contributed by atoms with E-state index in [0.29, 0.717) is 44.6 Å². The largest absolute Gasteiger partial charge is 0.416 e. The molecule has 1 aromatic rings. The molecule has 2 N–H and O–H groups in total. The van der Waals surface area contributed by atoms with Crippen LogP contribution in [0.2, 0.25) is 0 Å². The maximum Gasteiger partial charge on any atom is 0.416 e. The van der Waals surface area contributed by atoms with Crippen molar-refractivity contribution in [1.82, 2.24) is 14.9 Å². The quantitative estimate of drug-likeness (QED) is 0.551. The van der Waals surface area contributed by atoms with Crippen molar-refractivity contribution in [1.29, 1.82) is 0 Å². The Bertz CT molecular complexity index is 862. The highest BCUT2D eigenvalue weighted by Crippen LogP contribution is 2.36. The second kappa shape index (κ2) is 10.4. The zero-order valence-electron chi connectivity index (χ0n) is 17.3. The van der Waals surface area contributed by atoms with E-state index in [-0.39, 0.29) is 30.8 Å². The van der Waals surface area contributed by atoms with Gasteiger partial charge in [-0.3, -0.25) is 4.79 Å². The highest BCUT2D eigenvalue weighted by molar-refractivity contribution is 7.89. The molecule has 0 bridgehead atoms. The topological polar surface area (TPSA) is 78.5 Å². The molecule has 32 heavy (non-hydrogen) atoms. The number of nitrogens with one attached hydrogen (secondary N) is 2. The van der Waals surface area contributed by atoms with Crippen molar-refractivity contribution in [2.45, 2.75) is 32.1 Å². The first kappa shape index (κ1) is 26.4. The van der Waals surface area contributed by atoms with Crippen LogP contribution in [0.1, 0.15) is 41.3 Å². The van der Waals surface area contributed by atoms with Gasteiger partial charge in [-0.25, -0.2) is 13.1 Å². The van der Waals surface area contributed by atoms with Crippen LogP contribution in [0.15, 0.2) is 18.2 Å². The molecule has 1 amide bonds. The third-order valence-corrected chi connectivity index (χ3v) is 6.64. The molecule has 0 atom stereocenters. The molecule has 0 unspecified atom stereocenters. The second-order valence-electron chi connectivity index (χ2n) is 7.59. The Labute approximate surface area is 182 Å². The van der Waals surface area contributed by atoms with E-state index in [9.17, 15) is 39.6 Å². The number of sulfonamides is 1. The van der Waals surface area contributed by atoms with Crippen LogP contribution in [0.4, 0.5) is 26.3 Å². The molecule has 13 heteroatoms. The Hall–Kier alpha value is -1.86. The average Bonchev–Trinajstić information content (AvgIpc) is 2.71. The summed E-state index contributed by atoms with van der Waals surface area (Å²) in [7, 11) is -3.27. The third kappa shape index (κ3) is 7.93. The van der Waals surface area contributed by atoms with E-state index in [1.54, 1.807) is 0 Å². The van der Waals surface area contributed by atoms with Crippen LogP contribution in [0.3, 0.4) is 0 Å². The number of nitrogens with zero attached hydrogens (tertiary/aromatic N) is 1. The zero-order chi connectivity index (χ0) is 24.2. The molecule has 1 heterocycles. The number of alkyl halides is 6. The summed E-state index contributed by atoms with van der Waals surface area (Å²) in [6.07, 6.45) is -8.74. The summed E-state index contributed by atoms with van der Waals surface area (Å²) in [5.74, 6) is -1.00. The number of hydrogen-bond donors (Lipinski definition) is 2.